The van der Waals surface area contributed by atoms with Gasteiger partial charge < -0.3 is 11.1 Å². The second kappa shape index (κ2) is 4.47. The van der Waals surface area contributed by atoms with Gasteiger partial charge in [-0.2, -0.15) is 0 Å². The number of nitrogens with two attached hydrogens (primary N) is 1. The molecule has 4 heteroatoms. The number of nitrogens with one attached hydrogen (secondary N) is 1. The number of carbonyl (C=O) groups is 1. The van der Waals surface area contributed by atoms with Crippen LogP contribution in [0.4, 0.5) is 11.4 Å². The van der Waals surface area contributed by atoms with Gasteiger partial charge in [-0.25, -0.2) is 0 Å². The van der Waals surface area contributed by atoms with Crippen molar-refractivity contribution in [2.45, 2.75) is 25.7 Å². The van der Waals surface area contributed by atoms with Crippen molar-refractivity contribution in [1.82, 2.24) is 0 Å². The maximum absolute atomic E-state index is 12.3. The summed E-state index contributed by atoms with van der Waals surface area (Å²) in [7, 11) is 0. The van der Waals surface area contributed by atoms with Crippen LogP contribution in [0.5, 0.6) is 0 Å². The minimum atomic E-state index is 0.106. The Labute approximate surface area is 112 Å². The van der Waals surface area contributed by atoms with E-state index in [9.17, 15) is 4.79 Å². The zero-order chi connectivity index (χ0) is 12.7. The molecule has 0 heterocycles. The Morgan fingerprint density at radius 2 is 2.17 bits per heavy atom. The Bertz CT molecular complexity index is 489. The Balaban J connectivity index is 1.72. The van der Waals surface area contributed by atoms with Crippen molar-refractivity contribution in [2.24, 2.45) is 17.8 Å². The van der Waals surface area contributed by atoms with Gasteiger partial charge in [-0.05, 0) is 49.3 Å². The lowest BCUT2D eigenvalue weighted by atomic mass is 9.88. The van der Waals surface area contributed by atoms with Crippen molar-refractivity contribution in [3.8, 4) is 0 Å². The fourth-order valence-electron chi connectivity index (χ4n) is 3.43. The number of nitrogen functional groups attached to an aromatic ring is 1. The highest BCUT2D eigenvalue weighted by molar-refractivity contribution is 6.33. The number of fused-ring (bicyclic) bond motifs is 2. The fourth-order valence-corrected chi connectivity index (χ4v) is 3.59. The zero-order valence-electron chi connectivity index (χ0n) is 10.2. The summed E-state index contributed by atoms with van der Waals surface area (Å²) in [5.74, 6) is 1.62. The number of amides is 1. The summed E-state index contributed by atoms with van der Waals surface area (Å²) < 4.78 is 0. The molecule has 0 aliphatic heterocycles. The van der Waals surface area contributed by atoms with Gasteiger partial charge in [0.2, 0.25) is 5.91 Å². The van der Waals surface area contributed by atoms with E-state index in [1.165, 1.54) is 19.3 Å². The number of halogens is 1. The van der Waals surface area contributed by atoms with Gasteiger partial charge in [0.05, 0.1) is 10.7 Å². The molecule has 0 spiro atoms. The van der Waals surface area contributed by atoms with Crippen molar-refractivity contribution in [1.29, 1.82) is 0 Å². The average Bonchev–Trinajstić information content (AvgIpc) is 2.96. The molecule has 3 atom stereocenters. The molecule has 2 fully saturated rings. The molecule has 3 rings (SSSR count). The standard InChI is InChI=1S/C14H17ClN2O/c15-12-4-3-10(16)7-13(12)17-14(18)11-6-8-1-2-9(11)5-8/h3-4,7-9,11H,1-2,5-6,16H2,(H,17,18). The number of rotatable bonds is 2. The molecule has 3 unspecified atom stereocenters. The molecule has 2 aliphatic rings. The van der Waals surface area contributed by atoms with E-state index in [2.05, 4.69) is 5.32 Å². The van der Waals surface area contributed by atoms with E-state index >= 15 is 0 Å². The minimum Gasteiger partial charge on any atom is -0.399 e. The lowest BCUT2D eigenvalue weighted by Gasteiger charge is -2.21. The Hall–Kier alpha value is -1.22. The normalized spacial score (nSPS) is 29.5. The maximum Gasteiger partial charge on any atom is 0.227 e. The molecule has 0 radical (unpaired) electrons. The second-order valence-electron chi connectivity index (χ2n) is 5.51. The lowest BCUT2D eigenvalue weighted by Crippen LogP contribution is -2.27. The van der Waals surface area contributed by atoms with Crippen LogP contribution in [-0.4, -0.2) is 5.91 Å². The Morgan fingerprint density at radius 3 is 2.83 bits per heavy atom. The van der Waals surface area contributed by atoms with Crippen LogP contribution in [0, 0.1) is 17.8 Å². The maximum atomic E-state index is 12.3. The summed E-state index contributed by atoms with van der Waals surface area (Å²) in [6.45, 7) is 0. The van der Waals surface area contributed by atoms with Crippen LogP contribution < -0.4 is 11.1 Å². The molecular weight excluding hydrogens is 248 g/mol. The molecule has 2 aliphatic carbocycles. The molecule has 96 valence electrons. The molecular formula is C14H17ClN2O. The summed E-state index contributed by atoms with van der Waals surface area (Å²) in [6.07, 6.45) is 4.76. The van der Waals surface area contributed by atoms with Gasteiger partial charge >= 0.3 is 0 Å². The van der Waals surface area contributed by atoms with Gasteiger partial charge in [0.25, 0.3) is 0 Å². The molecule has 0 aromatic heterocycles. The number of anilines is 2. The predicted molar refractivity (Wildman–Crippen MR) is 73.4 cm³/mol. The van der Waals surface area contributed by atoms with Crippen LogP contribution in [0.3, 0.4) is 0 Å². The molecule has 0 saturated heterocycles. The molecule has 1 amide bonds. The fraction of sp³-hybridized carbons (Fsp3) is 0.500. The van der Waals surface area contributed by atoms with Crippen molar-refractivity contribution in [3.05, 3.63) is 23.2 Å². The smallest absolute Gasteiger partial charge is 0.227 e. The highest BCUT2D eigenvalue weighted by Gasteiger charge is 2.43. The summed E-state index contributed by atoms with van der Waals surface area (Å²) in [6, 6.07) is 5.16. The van der Waals surface area contributed by atoms with E-state index in [1.807, 2.05) is 0 Å². The Kier molecular flexibility index (Phi) is 2.94. The van der Waals surface area contributed by atoms with Gasteiger partial charge in [-0.3, -0.25) is 4.79 Å². The van der Waals surface area contributed by atoms with E-state index < -0.39 is 0 Å². The third kappa shape index (κ3) is 2.07. The Morgan fingerprint density at radius 1 is 1.33 bits per heavy atom. The lowest BCUT2D eigenvalue weighted by molar-refractivity contribution is -0.121. The third-order valence-electron chi connectivity index (χ3n) is 4.32. The third-order valence-corrected chi connectivity index (χ3v) is 4.65. The molecule has 3 N–H and O–H groups in total. The average molecular weight is 265 g/mol. The molecule has 3 nitrogen and oxygen atoms in total. The SMILES string of the molecule is Nc1ccc(Cl)c(NC(=O)C2CC3CCC2C3)c1. The van der Waals surface area contributed by atoms with E-state index in [-0.39, 0.29) is 11.8 Å². The number of hydrogen-bond donors (Lipinski definition) is 2. The largest absolute Gasteiger partial charge is 0.399 e. The van der Waals surface area contributed by atoms with Crippen LogP contribution in [0.1, 0.15) is 25.7 Å². The quantitative estimate of drug-likeness (QED) is 0.806. The van der Waals surface area contributed by atoms with E-state index in [0.717, 1.165) is 12.3 Å². The summed E-state index contributed by atoms with van der Waals surface area (Å²) in [5.41, 5.74) is 6.95. The highest BCUT2D eigenvalue weighted by Crippen LogP contribution is 2.48. The van der Waals surface area contributed by atoms with Crippen LogP contribution in [-0.2, 0) is 4.79 Å². The van der Waals surface area contributed by atoms with Crippen molar-refractivity contribution >= 4 is 28.9 Å². The van der Waals surface area contributed by atoms with E-state index in [0.29, 0.717) is 22.3 Å². The molecule has 2 bridgehead atoms. The van der Waals surface area contributed by atoms with Crippen LogP contribution in [0.25, 0.3) is 0 Å². The summed E-state index contributed by atoms with van der Waals surface area (Å²) in [5, 5.41) is 3.47. The molecule has 18 heavy (non-hydrogen) atoms. The molecule has 1 aromatic carbocycles. The summed E-state index contributed by atoms with van der Waals surface area (Å²) >= 11 is 6.06. The molecule has 1 aromatic rings. The van der Waals surface area contributed by atoms with Crippen molar-refractivity contribution < 1.29 is 4.79 Å². The number of carbonyl (C=O) groups excluding carboxylic acids is 1. The van der Waals surface area contributed by atoms with Gasteiger partial charge in [0.15, 0.2) is 0 Å². The van der Waals surface area contributed by atoms with Crippen LogP contribution in [0.2, 0.25) is 5.02 Å². The second-order valence-corrected chi connectivity index (χ2v) is 5.92. The first-order valence-electron chi connectivity index (χ1n) is 6.49. The van der Waals surface area contributed by atoms with Crippen molar-refractivity contribution in [3.63, 3.8) is 0 Å². The topological polar surface area (TPSA) is 55.1 Å². The number of hydrogen-bond acceptors (Lipinski definition) is 2. The van der Waals surface area contributed by atoms with Crippen molar-refractivity contribution in [2.75, 3.05) is 11.1 Å². The zero-order valence-corrected chi connectivity index (χ0v) is 10.9. The predicted octanol–water partition coefficient (Wildman–Crippen LogP) is 3.30. The van der Waals surface area contributed by atoms with Gasteiger partial charge in [0, 0.05) is 11.6 Å². The first kappa shape index (κ1) is 11.8. The minimum absolute atomic E-state index is 0.106. The van der Waals surface area contributed by atoms with Crippen LogP contribution >= 0.6 is 11.6 Å². The highest BCUT2D eigenvalue weighted by atomic mass is 35.5. The van der Waals surface area contributed by atoms with E-state index in [4.69, 9.17) is 17.3 Å². The first-order valence-corrected chi connectivity index (χ1v) is 6.87. The number of benzene rings is 1. The molecule has 2 saturated carbocycles. The van der Waals surface area contributed by atoms with Gasteiger partial charge in [-0.1, -0.05) is 18.0 Å². The van der Waals surface area contributed by atoms with Gasteiger partial charge in [-0.15, -0.1) is 0 Å². The van der Waals surface area contributed by atoms with Crippen LogP contribution in [0.15, 0.2) is 18.2 Å². The van der Waals surface area contributed by atoms with E-state index in [1.54, 1.807) is 18.2 Å². The van der Waals surface area contributed by atoms with Gasteiger partial charge in [0.1, 0.15) is 0 Å². The monoisotopic (exact) mass is 264 g/mol. The first-order chi connectivity index (χ1) is 8.63. The summed E-state index contributed by atoms with van der Waals surface area (Å²) in [4.78, 5) is 12.3.